The second-order valence-corrected chi connectivity index (χ2v) is 19.6. The van der Waals surface area contributed by atoms with Crippen LogP contribution in [-0.4, -0.2) is 70.7 Å². The average Bonchev–Trinajstić information content (AvgIpc) is 3.43. The van der Waals surface area contributed by atoms with Crippen LogP contribution in [-0.2, 0) is 40.6 Å². The minimum absolute atomic E-state index is 0.144. The Labute approximate surface area is 300 Å². The molecule has 8 nitrogen and oxygen atoms in total. The molecular formula is C42H62N2O6. The third kappa shape index (κ3) is 7.69. The highest BCUT2D eigenvalue weighted by Crippen LogP contribution is 2.47. The fourth-order valence-corrected chi connectivity index (χ4v) is 7.26. The topological polar surface area (TPSA) is 102 Å². The second kappa shape index (κ2) is 12.4. The quantitative estimate of drug-likeness (QED) is 0.312. The number of benzene rings is 2. The van der Waals surface area contributed by atoms with Crippen molar-refractivity contribution in [1.82, 2.24) is 0 Å². The first-order chi connectivity index (χ1) is 22.6. The molecule has 2 saturated heterocycles. The van der Waals surface area contributed by atoms with Gasteiger partial charge in [0.1, 0.15) is 48.0 Å². The molecule has 0 aromatic heterocycles. The molecule has 5 rings (SSSR count). The van der Waals surface area contributed by atoms with Gasteiger partial charge in [-0.2, -0.15) is 0 Å². The van der Waals surface area contributed by atoms with Gasteiger partial charge in [-0.05, 0) is 72.6 Å². The van der Waals surface area contributed by atoms with Gasteiger partial charge in [0.15, 0.2) is 11.6 Å². The molecule has 3 fully saturated rings. The van der Waals surface area contributed by atoms with E-state index in [2.05, 4.69) is 95.2 Å². The van der Waals surface area contributed by atoms with Crippen LogP contribution in [0.5, 0.6) is 11.5 Å². The zero-order chi connectivity index (χ0) is 37.6. The number of aliphatic imine (C=N–C) groups is 2. The van der Waals surface area contributed by atoms with Gasteiger partial charge in [0, 0.05) is 34.7 Å². The number of phenolic OH excluding ortho intramolecular Hbond substituents is 2. The first kappa shape index (κ1) is 38.5. The maximum atomic E-state index is 11.6. The van der Waals surface area contributed by atoms with Gasteiger partial charge in [-0.25, -0.2) is 0 Å². The summed E-state index contributed by atoms with van der Waals surface area (Å²) in [6.45, 7) is 33.2. The van der Waals surface area contributed by atoms with Crippen molar-refractivity contribution in [1.29, 1.82) is 0 Å². The number of rotatable bonds is 4. The molecule has 0 radical (unpaired) electrons. The van der Waals surface area contributed by atoms with Crippen LogP contribution in [0.2, 0.25) is 0 Å². The summed E-state index contributed by atoms with van der Waals surface area (Å²) in [7, 11) is 0. The van der Waals surface area contributed by atoms with Gasteiger partial charge in [0.25, 0.3) is 0 Å². The summed E-state index contributed by atoms with van der Waals surface area (Å²) in [4.78, 5) is 10.4. The Morgan fingerprint density at radius 2 is 0.800 bits per heavy atom. The van der Waals surface area contributed by atoms with E-state index in [0.29, 0.717) is 11.1 Å². The van der Waals surface area contributed by atoms with E-state index in [4.69, 9.17) is 28.9 Å². The van der Waals surface area contributed by atoms with Crippen LogP contribution in [0.15, 0.2) is 34.3 Å². The summed E-state index contributed by atoms with van der Waals surface area (Å²) in [5, 5.41) is 23.2. The van der Waals surface area contributed by atoms with Crippen molar-refractivity contribution in [3.63, 3.8) is 0 Å². The number of ether oxygens (including phenoxy) is 4. The SMILES string of the molecule is CC1(C)O[C@@H]2[C@H]3OC(C)(C)O[C@H]3[C@H](N=Cc3cc(C(C)(C)C)cc(C(C)(C)C)c3O)[C@@H](N=Cc3cc(C(C)(C)C)cc(C(C)(C)C)c3O)[C@@H]2O1. The molecule has 6 atom stereocenters. The van der Waals surface area contributed by atoms with Gasteiger partial charge in [-0.3, -0.25) is 9.98 Å². The summed E-state index contributed by atoms with van der Waals surface area (Å²) in [5.74, 6) is -1.33. The lowest BCUT2D eigenvalue weighted by molar-refractivity contribution is -0.176. The van der Waals surface area contributed by atoms with Crippen molar-refractivity contribution in [3.05, 3.63) is 57.6 Å². The molecule has 8 heteroatoms. The monoisotopic (exact) mass is 690 g/mol. The molecule has 2 aromatic carbocycles. The number of fused-ring (bicyclic) bond motifs is 3. The van der Waals surface area contributed by atoms with E-state index in [1.165, 1.54) is 0 Å². The molecule has 2 aromatic rings. The van der Waals surface area contributed by atoms with Crippen LogP contribution in [0.1, 0.15) is 144 Å². The van der Waals surface area contributed by atoms with Gasteiger partial charge in [0.2, 0.25) is 0 Å². The average molecular weight is 691 g/mol. The van der Waals surface area contributed by atoms with Crippen LogP contribution < -0.4 is 0 Å². The molecule has 50 heavy (non-hydrogen) atoms. The normalized spacial score (nSPS) is 28.4. The van der Waals surface area contributed by atoms with Gasteiger partial charge >= 0.3 is 0 Å². The summed E-state index contributed by atoms with van der Waals surface area (Å²) in [5.41, 5.74) is 4.36. The first-order valence-corrected chi connectivity index (χ1v) is 18.1. The molecular weight excluding hydrogens is 628 g/mol. The summed E-state index contributed by atoms with van der Waals surface area (Å²) in [6, 6.07) is 7.15. The smallest absolute Gasteiger partial charge is 0.164 e. The molecule has 0 bridgehead atoms. The predicted octanol–water partition coefficient (Wildman–Crippen LogP) is 8.62. The standard InChI is InChI=1S/C42H62N2O6/c1-37(2,3)25-17-23(31(45)27(19-25)39(7,8)9)21-43-29-30(34-36(50-42(15,16)48-34)35-33(29)47-41(13,14)49-35)44-22-24-18-26(38(4,5)6)20-28(32(24)46)40(10,11)12/h17-22,29-30,33-36,45-46H,1-16H3/t29-,30-,33+,34+,35+,36+/m1/s1. The lowest BCUT2D eigenvalue weighted by Crippen LogP contribution is -2.60. The van der Waals surface area contributed by atoms with Crippen LogP contribution in [0, 0.1) is 0 Å². The number of hydrogen-bond acceptors (Lipinski definition) is 8. The third-order valence-electron chi connectivity index (χ3n) is 10.1. The van der Waals surface area contributed by atoms with Crippen molar-refractivity contribution < 1.29 is 29.2 Å². The van der Waals surface area contributed by atoms with Crippen LogP contribution >= 0.6 is 0 Å². The van der Waals surface area contributed by atoms with E-state index in [1.807, 2.05) is 39.8 Å². The van der Waals surface area contributed by atoms with Gasteiger partial charge in [0.05, 0.1) is 0 Å². The number of hydrogen-bond donors (Lipinski definition) is 2. The van der Waals surface area contributed by atoms with E-state index >= 15 is 0 Å². The highest BCUT2D eigenvalue weighted by atomic mass is 16.8. The Bertz CT molecular complexity index is 1540. The maximum absolute atomic E-state index is 11.6. The largest absolute Gasteiger partial charge is 0.507 e. The van der Waals surface area contributed by atoms with Gasteiger partial charge < -0.3 is 29.2 Å². The van der Waals surface area contributed by atoms with Crippen LogP contribution in [0.25, 0.3) is 0 Å². The molecule has 0 unspecified atom stereocenters. The van der Waals surface area contributed by atoms with Gasteiger partial charge in [-0.1, -0.05) is 95.2 Å². The van der Waals surface area contributed by atoms with Crippen molar-refractivity contribution >= 4 is 12.4 Å². The van der Waals surface area contributed by atoms with E-state index in [0.717, 1.165) is 22.3 Å². The fourth-order valence-electron chi connectivity index (χ4n) is 7.26. The van der Waals surface area contributed by atoms with E-state index in [1.54, 1.807) is 12.4 Å². The summed E-state index contributed by atoms with van der Waals surface area (Å²) >= 11 is 0. The Hall–Kier alpha value is -2.78. The van der Waals surface area contributed by atoms with Gasteiger partial charge in [-0.15, -0.1) is 0 Å². The number of nitrogens with zero attached hydrogens (tertiary/aromatic N) is 2. The Kier molecular flexibility index (Phi) is 9.55. The van der Waals surface area contributed by atoms with E-state index in [9.17, 15) is 10.2 Å². The van der Waals surface area contributed by atoms with Crippen molar-refractivity contribution in [2.24, 2.45) is 9.98 Å². The molecule has 0 spiro atoms. The molecule has 3 aliphatic rings. The summed E-state index contributed by atoms with van der Waals surface area (Å²) in [6.07, 6.45) is 1.61. The highest BCUT2D eigenvalue weighted by Gasteiger charge is 2.63. The zero-order valence-electron chi connectivity index (χ0n) is 33.4. The summed E-state index contributed by atoms with van der Waals surface area (Å²) < 4.78 is 26.2. The van der Waals surface area contributed by atoms with Crippen molar-refractivity contribution in [3.8, 4) is 11.5 Å². The molecule has 1 aliphatic carbocycles. The van der Waals surface area contributed by atoms with Crippen LogP contribution in [0.3, 0.4) is 0 Å². The number of phenols is 2. The second-order valence-electron chi connectivity index (χ2n) is 19.6. The number of aromatic hydroxyl groups is 2. The molecule has 2 heterocycles. The first-order valence-electron chi connectivity index (χ1n) is 18.1. The maximum Gasteiger partial charge on any atom is 0.164 e. The lowest BCUT2D eigenvalue weighted by Gasteiger charge is -2.39. The fraction of sp³-hybridized carbons (Fsp3) is 0.667. The lowest BCUT2D eigenvalue weighted by atomic mass is 9.78. The van der Waals surface area contributed by atoms with Crippen molar-refractivity contribution in [2.45, 2.75) is 181 Å². The zero-order valence-corrected chi connectivity index (χ0v) is 33.4. The Morgan fingerprint density at radius 1 is 0.500 bits per heavy atom. The Balaban J connectivity index is 1.68. The Morgan fingerprint density at radius 3 is 1.08 bits per heavy atom. The van der Waals surface area contributed by atoms with Crippen molar-refractivity contribution in [2.75, 3.05) is 0 Å². The van der Waals surface area contributed by atoms with Crippen LogP contribution in [0.4, 0.5) is 0 Å². The molecule has 2 N–H and O–H groups in total. The van der Waals surface area contributed by atoms with E-state index in [-0.39, 0.29) is 33.2 Å². The molecule has 276 valence electrons. The third-order valence-corrected chi connectivity index (χ3v) is 10.1. The minimum atomic E-state index is -0.878. The minimum Gasteiger partial charge on any atom is -0.507 e. The van der Waals surface area contributed by atoms with E-state index < -0.39 is 48.1 Å². The predicted molar refractivity (Wildman–Crippen MR) is 201 cm³/mol. The highest BCUT2D eigenvalue weighted by molar-refractivity contribution is 5.86. The molecule has 1 saturated carbocycles. The molecule has 0 amide bonds. The molecule has 2 aliphatic heterocycles.